The van der Waals surface area contributed by atoms with Crippen molar-refractivity contribution in [2.45, 2.75) is 51.5 Å². The Hall–Kier alpha value is -2.11. The Kier molecular flexibility index (Phi) is 4.79. The standard InChI is InChI=1S/C17H24N4O2/c1-13(22)18-16-9-11-21(19-16)15-8-10-20(12-15)17(23)14-6-4-2-3-5-7-14/h6,9,11,15H,2-5,7-8,10,12H2,1H3,(H,18,19,22). The molecule has 0 aromatic carbocycles. The molecule has 2 aliphatic rings. The number of hydrogen-bond donors (Lipinski definition) is 1. The highest BCUT2D eigenvalue weighted by molar-refractivity contribution is 5.93. The number of likely N-dealkylation sites (tertiary alicyclic amines) is 1. The van der Waals surface area contributed by atoms with E-state index in [1.165, 1.54) is 19.8 Å². The third-order valence-electron chi connectivity index (χ3n) is 4.55. The van der Waals surface area contributed by atoms with Gasteiger partial charge in [-0.3, -0.25) is 14.3 Å². The molecule has 0 radical (unpaired) electrons. The lowest BCUT2D eigenvalue weighted by Gasteiger charge is -2.18. The minimum atomic E-state index is -0.126. The summed E-state index contributed by atoms with van der Waals surface area (Å²) in [7, 11) is 0. The van der Waals surface area contributed by atoms with Gasteiger partial charge in [0.05, 0.1) is 6.04 Å². The van der Waals surface area contributed by atoms with E-state index in [-0.39, 0.29) is 17.9 Å². The van der Waals surface area contributed by atoms with Gasteiger partial charge >= 0.3 is 0 Å². The molecule has 0 bridgehead atoms. The fraction of sp³-hybridized carbons (Fsp3) is 0.588. The second-order valence-corrected chi connectivity index (χ2v) is 6.38. The number of allylic oxidation sites excluding steroid dienone is 1. The molecule has 1 aliphatic carbocycles. The quantitative estimate of drug-likeness (QED) is 0.931. The van der Waals surface area contributed by atoms with Crippen molar-refractivity contribution < 1.29 is 9.59 Å². The van der Waals surface area contributed by atoms with E-state index in [4.69, 9.17) is 0 Å². The second kappa shape index (κ2) is 6.98. The molecular weight excluding hydrogens is 292 g/mol. The Morgan fingerprint density at radius 2 is 2.17 bits per heavy atom. The molecule has 23 heavy (non-hydrogen) atoms. The number of aromatic nitrogens is 2. The first-order chi connectivity index (χ1) is 11.1. The summed E-state index contributed by atoms with van der Waals surface area (Å²) in [5.74, 6) is 0.635. The molecule has 1 N–H and O–H groups in total. The fourth-order valence-corrected chi connectivity index (χ4v) is 3.34. The molecule has 6 heteroatoms. The molecule has 1 unspecified atom stereocenters. The summed E-state index contributed by atoms with van der Waals surface area (Å²) in [5.41, 5.74) is 0.988. The molecule has 1 atom stereocenters. The number of amides is 2. The zero-order valence-electron chi connectivity index (χ0n) is 13.6. The van der Waals surface area contributed by atoms with E-state index in [0.29, 0.717) is 12.4 Å². The van der Waals surface area contributed by atoms with Gasteiger partial charge in [-0.15, -0.1) is 0 Å². The highest BCUT2D eigenvalue weighted by atomic mass is 16.2. The van der Waals surface area contributed by atoms with E-state index in [1.54, 1.807) is 6.07 Å². The first-order valence-corrected chi connectivity index (χ1v) is 8.44. The molecule has 124 valence electrons. The lowest BCUT2D eigenvalue weighted by atomic mass is 10.1. The molecule has 1 fully saturated rings. The molecule has 6 nitrogen and oxygen atoms in total. The summed E-state index contributed by atoms with van der Waals surface area (Å²) in [6.07, 6.45) is 10.4. The smallest absolute Gasteiger partial charge is 0.249 e. The van der Waals surface area contributed by atoms with Gasteiger partial charge in [0.1, 0.15) is 0 Å². The fourth-order valence-electron chi connectivity index (χ4n) is 3.34. The van der Waals surface area contributed by atoms with Gasteiger partial charge in [0, 0.05) is 37.8 Å². The minimum absolute atomic E-state index is 0.126. The number of carbonyl (C=O) groups is 2. The number of carbonyl (C=O) groups excluding carboxylic acids is 2. The summed E-state index contributed by atoms with van der Waals surface area (Å²) >= 11 is 0. The van der Waals surface area contributed by atoms with Gasteiger partial charge in [-0.2, -0.15) is 5.10 Å². The Labute approximate surface area is 136 Å². The number of anilines is 1. The molecule has 2 heterocycles. The van der Waals surface area contributed by atoms with Gasteiger partial charge in [0.25, 0.3) is 0 Å². The summed E-state index contributed by atoms with van der Waals surface area (Å²) in [4.78, 5) is 25.7. The van der Waals surface area contributed by atoms with Crippen molar-refractivity contribution in [2.75, 3.05) is 18.4 Å². The number of hydrogen-bond acceptors (Lipinski definition) is 3. The topological polar surface area (TPSA) is 67.2 Å². The Bertz CT molecular complexity index is 620. The van der Waals surface area contributed by atoms with Gasteiger partial charge in [0.15, 0.2) is 5.82 Å². The van der Waals surface area contributed by atoms with E-state index in [1.807, 2.05) is 15.8 Å². The maximum Gasteiger partial charge on any atom is 0.249 e. The summed E-state index contributed by atoms with van der Waals surface area (Å²) in [6.45, 7) is 2.93. The molecule has 1 aliphatic heterocycles. The van der Waals surface area contributed by atoms with Crippen LogP contribution in [-0.2, 0) is 9.59 Å². The van der Waals surface area contributed by atoms with Crippen LogP contribution in [0, 0.1) is 0 Å². The SMILES string of the molecule is CC(=O)Nc1ccn(C2CCN(C(=O)C3=CCCCCC3)C2)n1. The average molecular weight is 316 g/mol. The van der Waals surface area contributed by atoms with Crippen LogP contribution in [0.15, 0.2) is 23.9 Å². The minimum Gasteiger partial charge on any atom is -0.337 e. The van der Waals surface area contributed by atoms with Crippen molar-refractivity contribution in [2.24, 2.45) is 0 Å². The molecule has 0 spiro atoms. The van der Waals surface area contributed by atoms with Crippen LogP contribution < -0.4 is 5.32 Å². The normalized spacial score (nSPS) is 21.7. The van der Waals surface area contributed by atoms with Gasteiger partial charge < -0.3 is 10.2 Å². The Balaban J connectivity index is 1.61. The third-order valence-corrected chi connectivity index (χ3v) is 4.55. The van der Waals surface area contributed by atoms with E-state index in [9.17, 15) is 9.59 Å². The van der Waals surface area contributed by atoms with Crippen LogP contribution in [-0.4, -0.2) is 39.6 Å². The highest BCUT2D eigenvalue weighted by Crippen LogP contribution is 2.26. The van der Waals surface area contributed by atoms with Crippen LogP contribution in [0.25, 0.3) is 0 Å². The highest BCUT2D eigenvalue weighted by Gasteiger charge is 2.29. The predicted octanol–water partition coefficient (Wildman–Crippen LogP) is 2.51. The molecule has 1 aromatic rings. The third kappa shape index (κ3) is 3.81. The maximum atomic E-state index is 12.7. The average Bonchev–Trinajstić information content (AvgIpc) is 3.09. The number of nitrogens with one attached hydrogen (secondary N) is 1. The van der Waals surface area contributed by atoms with Crippen LogP contribution in [0.3, 0.4) is 0 Å². The van der Waals surface area contributed by atoms with Crippen LogP contribution in [0.5, 0.6) is 0 Å². The number of nitrogens with zero attached hydrogens (tertiary/aromatic N) is 3. The molecule has 1 saturated heterocycles. The van der Waals surface area contributed by atoms with Crippen LogP contribution >= 0.6 is 0 Å². The predicted molar refractivity (Wildman–Crippen MR) is 87.9 cm³/mol. The largest absolute Gasteiger partial charge is 0.337 e. The van der Waals surface area contributed by atoms with Crippen molar-refractivity contribution in [1.29, 1.82) is 0 Å². The monoisotopic (exact) mass is 316 g/mol. The van der Waals surface area contributed by atoms with E-state index in [0.717, 1.165) is 37.8 Å². The Morgan fingerprint density at radius 1 is 1.30 bits per heavy atom. The van der Waals surface area contributed by atoms with Crippen molar-refractivity contribution >= 4 is 17.6 Å². The lowest BCUT2D eigenvalue weighted by molar-refractivity contribution is -0.126. The summed E-state index contributed by atoms with van der Waals surface area (Å²) < 4.78 is 1.86. The van der Waals surface area contributed by atoms with Crippen molar-refractivity contribution in [3.8, 4) is 0 Å². The van der Waals surface area contributed by atoms with Gasteiger partial charge in [-0.05, 0) is 32.1 Å². The molecule has 2 amide bonds. The second-order valence-electron chi connectivity index (χ2n) is 6.38. The molecule has 3 rings (SSSR count). The van der Waals surface area contributed by atoms with Crippen molar-refractivity contribution in [1.82, 2.24) is 14.7 Å². The maximum absolute atomic E-state index is 12.7. The summed E-state index contributed by atoms with van der Waals surface area (Å²) in [5, 5.41) is 7.07. The molecular formula is C17H24N4O2. The number of rotatable bonds is 3. The first-order valence-electron chi connectivity index (χ1n) is 8.44. The van der Waals surface area contributed by atoms with Crippen molar-refractivity contribution in [3.05, 3.63) is 23.9 Å². The zero-order chi connectivity index (χ0) is 16.2. The van der Waals surface area contributed by atoms with Crippen LogP contribution in [0.2, 0.25) is 0 Å². The van der Waals surface area contributed by atoms with E-state index < -0.39 is 0 Å². The van der Waals surface area contributed by atoms with Crippen LogP contribution in [0.4, 0.5) is 5.82 Å². The van der Waals surface area contributed by atoms with Gasteiger partial charge in [-0.1, -0.05) is 12.5 Å². The first kappa shape index (κ1) is 15.8. The zero-order valence-corrected chi connectivity index (χ0v) is 13.6. The lowest BCUT2D eigenvalue weighted by Crippen LogP contribution is -2.30. The van der Waals surface area contributed by atoms with Crippen molar-refractivity contribution in [3.63, 3.8) is 0 Å². The van der Waals surface area contributed by atoms with Crippen LogP contribution in [0.1, 0.15) is 51.5 Å². The van der Waals surface area contributed by atoms with Gasteiger partial charge in [0.2, 0.25) is 11.8 Å². The van der Waals surface area contributed by atoms with Gasteiger partial charge in [-0.25, -0.2) is 0 Å². The van der Waals surface area contributed by atoms with E-state index in [2.05, 4.69) is 16.5 Å². The summed E-state index contributed by atoms with van der Waals surface area (Å²) in [6, 6.07) is 1.98. The molecule has 1 aromatic heterocycles. The Morgan fingerprint density at radius 3 is 3.00 bits per heavy atom. The van der Waals surface area contributed by atoms with E-state index >= 15 is 0 Å². The molecule has 0 saturated carbocycles.